The maximum Gasteiger partial charge on any atom is 0.322 e. The average molecular weight is 277 g/mol. The third kappa shape index (κ3) is 3.58. The van der Waals surface area contributed by atoms with E-state index in [1.807, 2.05) is 0 Å². The van der Waals surface area contributed by atoms with Gasteiger partial charge in [-0.15, -0.1) is 5.10 Å². The minimum atomic E-state index is 0.00738. The molecule has 5 heteroatoms. The molecule has 0 bridgehead atoms. The van der Waals surface area contributed by atoms with E-state index in [9.17, 15) is 4.79 Å². The van der Waals surface area contributed by atoms with Crippen LogP contribution >= 0.6 is 0 Å². The maximum absolute atomic E-state index is 11.9. The number of nitrogens with zero attached hydrogens (tertiary/aromatic N) is 2. The van der Waals surface area contributed by atoms with Gasteiger partial charge in [0.2, 0.25) is 11.8 Å². The van der Waals surface area contributed by atoms with Gasteiger partial charge in [0, 0.05) is 12.8 Å². The van der Waals surface area contributed by atoms with Gasteiger partial charge in [0.15, 0.2) is 0 Å². The Hall–Kier alpha value is -1.39. The van der Waals surface area contributed by atoms with Crippen molar-refractivity contribution in [2.45, 2.75) is 64.2 Å². The predicted octanol–water partition coefficient (Wildman–Crippen LogP) is 3.32. The minimum Gasteiger partial charge on any atom is -0.408 e. The summed E-state index contributed by atoms with van der Waals surface area (Å²) in [6, 6.07) is 0.265. The second kappa shape index (κ2) is 6.37. The van der Waals surface area contributed by atoms with E-state index in [-0.39, 0.29) is 11.9 Å². The third-order valence-corrected chi connectivity index (χ3v) is 4.60. The van der Waals surface area contributed by atoms with Crippen molar-refractivity contribution in [2.75, 3.05) is 5.32 Å². The van der Waals surface area contributed by atoms with Crippen LogP contribution in [0.5, 0.6) is 0 Å². The molecule has 1 N–H and O–H groups in total. The summed E-state index contributed by atoms with van der Waals surface area (Å²) in [5, 5.41) is 10.7. The molecule has 0 spiro atoms. The molecule has 110 valence electrons. The van der Waals surface area contributed by atoms with Gasteiger partial charge in [-0.05, 0) is 37.5 Å². The molecule has 0 aromatic carbocycles. The first-order valence-electron chi connectivity index (χ1n) is 7.92. The Morgan fingerprint density at radius 3 is 2.40 bits per heavy atom. The number of hydrogen-bond acceptors (Lipinski definition) is 4. The second-order valence-corrected chi connectivity index (χ2v) is 6.26. The molecule has 1 amide bonds. The van der Waals surface area contributed by atoms with Crippen molar-refractivity contribution in [3.8, 4) is 0 Å². The van der Waals surface area contributed by atoms with Gasteiger partial charge in [0.1, 0.15) is 0 Å². The summed E-state index contributed by atoms with van der Waals surface area (Å²) in [5.74, 6) is 1.88. The van der Waals surface area contributed by atoms with E-state index >= 15 is 0 Å². The van der Waals surface area contributed by atoms with Gasteiger partial charge in [0.05, 0.1) is 0 Å². The molecule has 2 fully saturated rings. The number of nitrogens with one attached hydrogen (secondary N) is 1. The van der Waals surface area contributed by atoms with Crippen molar-refractivity contribution < 1.29 is 9.21 Å². The van der Waals surface area contributed by atoms with E-state index < -0.39 is 0 Å². The highest BCUT2D eigenvalue weighted by Crippen LogP contribution is 2.29. The maximum atomic E-state index is 11.9. The molecule has 0 saturated heterocycles. The van der Waals surface area contributed by atoms with Crippen molar-refractivity contribution in [2.24, 2.45) is 11.8 Å². The Balaban J connectivity index is 1.47. The first kappa shape index (κ1) is 13.6. The normalized spacial score (nSPS) is 20.6. The van der Waals surface area contributed by atoms with E-state index in [2.05, 4.69) is 15.5 Å². The van der Waals surface area contributed by atoms with Crippen LogP contribution in [0.15, 0.2) is 4.42 Å². The molecule has 1 heterocycles. The largest absolute Gasteiger partial charge is 0.408 e. The summed E-state index contributed by atoms with van der Waals surface area (Å²) in [5.41, 5.74) is 0. The number of hydrogen-bond donors (Lipinski definition) is 1. The van der Waals surface area contributed by atoms with Gasteiger partial charge >= 0.3 is 6.01 Å². The molecule has 0 atom stereocenters. The average Bonchev–Trinajstić information content (AvgIpc) is 3.12. The van der Waals surface area contributed by atoms with Crippen LogP contribution in [0.25, 0.3) is 0 Å². The van der Waals surface area contributed by atoms with Crippen LogP contribution in [-0.4, -0.2) is 16.1 Å². The monoisotopic (exact) mass is 277 g/mol. The van der Waals surface area contributed by atoms with Crippen LogP contribution in [0.3, 0.4) is 0 Å². The lowest BCUT2D eigenvalue weighted by Gasteiger charge is -2.06. The molecule has 0 aliphatic heterocycles. The minimum absolute atomic E-state index is 0.00738. The Bertz CT molecular complexity index is 446. The third-order valence-electron chi connectivity index (χ3n) is 4.60. The lowest BCUT2D eigenvalue weighted by molar-refractivity contribution is -0.117. The van der Waals surface area contributed by atoms with Gasteiger partial charge in [-0.1, -0.05) is 30.8 Å². The summed E-state index contributed by atoms with van der Waals surface area (Å²) in [4.78, 5) is 11.9. The fourth-order valence-corrected chi connectivity index (χ4v) is 3.50. The van der Waals surface area contributed by atoms with Gasteiger partial charge in [-0.2, -0.15) is 0 Å². The number of anilines is 1. The number of amides is 1. The zero-order chi connectivity index (χ0) is 13.8. The topological polar surface area (TPSA) is 68.0 Å². The Labute approximate surface area is 119 Å². The highest BCUT2D eigenvalue weighted by molar-refractivity contribution is 5.88. The van der Waals surface area contributed by atoms with E-state index in [0.717, 1.165) is 6.42 Å². The zero-order valence-electron chi connectivity index (χ0n) is 11.9. The molecule has 2 saturated carbocycles. The summed E-state index contributed by atoms with van der Waals surface area (Å²) in [6.45, 7) is 0. The van der Waals surface area contributed by atoms with E-state index in [1.54, 1.807) is 0 Å². The van der Waals surface area contributed by atoms with E-state index in [0.29, 0.717) is 24.1 Å². The summed E-state index contributed by atoms with van der Waals surface area (Å²) in [6.07, 6.45) is 11.4. The van der Waals surface area contributed by atoms with Crippen molar-refractivity contribution in [1.82, 2.24) is 10.2 Å². The van der Waals surface area contributed by atoms with Crippen molar-refractivity contribution in [1.29, 1.82) is 0 Å². The van der Waals surface area contributed by atoms with Gasteiger partial charge in [-0.25, -0.2) is 0 Å². The number of carbonyl (C=O) groups is 1. The highest BCUT2D eigenvalue weighted by atomic mass is 16.4. The van der Waals surface area contributed by atoms with Gasteiger partial charge in [-0.3, -0.25) is 10.1 Å². The second-order valence-electron chi connectivity index (χ2n) is 6.26. The van der Waals surface area contributed by atoms with Crippen LogP contribution < -0.4 is 5.32 Å². The van der Waals surface area contributed by atoms with Crippen molar-refractivity contribution in [3.63, 3.8) is 0 Å². The quantitative estimate of drug-likeness (QED) is 0.896. The SMILES string of the molecule is O=C(CC1CCCC1)Nc1nnc(CC2CCCC2)o1. The predicted molar refractivity (Wildman–Crippen MR) is 75.2 cm³/mol. The Kier molecular flexibility index (Phi) is 4.33. The molecule has 2 aliphatic rings. The molecule has 2 aliphatic carbocycles. The van der Waals surface area contributed by atoms with Crippen LogP contribution in [0, 0.1) is 11.8 Å². The standard InChI is InChI=1S/C15H23N3O2/c19-13(9-11-5-1-2-6-11)16-15-18-17-14(20-15)10-12-7-3-4-8-12/h11-12H,1-10H2,(H,16,18,19). The lowest BCUT2D eigenvalue weighted by atomic mass is 10.0. The van der Waals surface area contributed by atoms with E-state index in [1.165, 1.54) is 51.4 Å². The van der Waals surface area contributed by atoms with Gasteiger partial charge < -0.3 is 4.42 Å². The van der Waals surface area contributed by atoms with Crippen LogP contribution in [0.4, 0.5) is 6.01 Å². The van der Waals surface area contributed by atoms with Crippen molar-refractivity contribution >= 4 is 11.9 Å². The number of carbonyl (C=O) groups excluding carboxylic acids is 1. The van der Waals surface area contributed by atoms with Crippen LogP contribution in [0.2, 0.25) is 0 Å². The zero-order valence-corrected chi connectivity index (χ0v) is 11.9. The molecule has 3 rings (SSSR count). The highest BCUT2D eigenvalue weighted by Gasteiger charge is 2.21. The fraction of sp³-hybridized carbons (Fsp3) is 0.800. The summed E-state index contributed by atoms with van der Waals surface area (Å²) >= 11 is 0. The van der Waals surface area contributed by atoms with Crippen LogP contribution in [0.1, 0.15) is 63.7 Å². The molecular weight excluding hydrogens is 254 g/mol. The lowest BCUT2D eigenvalue weighted by Crippen LogP contribution is -2.15. The molecular formula is C15H23N3O2. The number of rotatable bonds is 5. The first-order valence-corrected chi connectivity index (χ1v) is 7.92. The molecule has 1 aromatic rings. The smallest absolute Gasteiger partial charge is 0.322 e. The number of aromatic nitrogens is 2. The van der Waals surface area contributed by atoms with Gasteiger partial charge in [0.25, 0.3) is 0 Å². The van der Waals surface area contributed by atoms with Crippen LogP contribution in [-0.2, 0) is 11.2 Å². The summed E-state index contributed by atoms with van der Waals surface area (Å²) < 4.78 is 5.53. The Morgan fingerprint density at radius 2 is 1.70 bits per heavy atom. The molecule has 20 heavy (non-hydrogen) atoms. The van der Waals surface area contributed by atoms with Crippen molar-refractivity contribution in [3.05, 3.63) is 5.89 Å². The fourth-order valence-electron chi connectivity index (χ4n) is 3.50. The molecule has 5 nitrogen and oxygen atoms in total. The Morgan fingerprint density at radius 1 is 1.05 bits per heavy atom. The molecule has 0 unspecified atom stereocenters. The molecule has 0 radical (unpaired) electrons. The molecule has 1 aromatic heterocycles. The first-order chi connectivity index (χ1) is 9.79. The summed E-state index contributed by atoms with van der Waals surface area (Å²) in [7, 11) is 0. The van der Waals surface area contributed by atoms with E-state index in [4.69, 9.17) is 4.42 Å².